The van der Waals surface area contributed by atoms with E-state index >= 15 is 0 Å². The second-order valence-electron chi connectivity index (χ2n) is 4.70. The molecule has 1 heterocycles. The second-order valence-corrected chi connectivity index (χ2v) is 6.38. The quantitative estimate of drug-likeness (QED) is 0.833. The van der Waals surface area contributed by atoms with Crippen LogP contribution in [0.3, 0.4) is 0 Å². The van der Waals surface area contributed by atoms with Crippen LogP contribution in [0.25, 0.3) is 0 Å². The molecule has 0 fully saturated rings. The lowest BCUT2D eigenvalue weighted by Gasteiger charge is -2.09. The highest BCUT2D eigenvalue weighted by molar-refractivity contribution is 7.92. The highest BCUT2D eigenvalue weighted by Crippen LogP contribution is 2.24. The van der Waals surface area contributed by atoms with Crippen LogP contribution in [-0.2, 0) is 10.0 Å². The molecule has 0 atom stereocenters. The van der Waals surface area contributed by atoms with E-state index in [2.05, 4.69) is 0 Å². The van der Waals surface area contributed by atoms with Crippen LogP contribution in [0.5, 0.6) is 0 Å². The minimum Gasteiger partial charge on any atom is -0.288 e. The summed E-state index contributed by atoms with van der Waals surface area (Å²) >= 11 is 0. The van der Waals surface area contributed by atoms with E-state index in [4.69, 9.17) is 0 Å². The average Bonchev–Trinajstić information content (AvgIpc) is 2.78. The monoisotopic (exact) mass is 338 g/mol. The second kappa shape index (κ2) is 5.13. The zero-order valence-corrected chi connectivity index (χ0v) is 12.1. The molecule has 3 rings (SSSR count). The number of amides is 2. The van der Waals surface area contributed by atoms with Gasteiger partial charge in [-0.1, -0.05) is 6.07 Å². The molecule has 0 saturated carbocycles. The standard InChI is InChI=1S/C14H8F2N2O4S/c15-10-2-1-3-11(12(10)16)18-23(21,22)7-4-5-8-9(6-7)14(20)17-13(8)19/h1-6,18H,(H,17,19,20). The maximum Gasteiger partial charge on any atom is 0.262 e. The fourth-order valence-corrected chi connectivity index (χ4v) is 3.19. The van der Waals surface area contributed by atoms with Crippen LogP contribution in [0.4, 0.5) is 14.5 Å². The van der Waals surface area contributed by atoms with Crippen molar-refractivity contribution in [1.29, 1.82) is 0 Å². The molecule has 0 saturated heterocycles. The number of fused-ring (bicyclic) bond motifs is 1. The van der Waals surface area contributed by atoms with Crippen LogP contribution < -0.4 is 10.0 Å². The van der Waals surface area contributed by atoms with Crippen molar-refractivity contribution < 1.29 is 26.8 Å². The van der Waals surface area contributed by atoms with E-state index < -0.39 is 39.2 Å². The minimum absolute atomic E-state index is 0.0471. The number of nitrogens with one attached hydrogen (secondary N) is 2. The Bertz CT molecular complexity index is 957. The number of imide groups is 1. The number of halogens is 2. The molecule has 0 bridgehead atoms. The molecule has 6 nitrogen and oxygen atoms in total. The van der Waals surface area contributed by atoms with Crippen molar-refractivity contribution in [2.75, 3.05) is 4.72 Å². The summed E-state index contributed by atoms with van der Waals surface area (Å²) in [6.45, 7) is 0. The van der Waals surface area contributed by atoms with Gasteiger partial charge in [-0.05, 0) is 30.3 Å². The summed E-state index contributed by atoms with van der Waals surface area (Å²) in [5.41, 5.74) is -0.616. The summed E-state index contributed by atoms with van der Waals surface area (Å²) < 4.78 is 53.1. The van der Waals surface area contributed by atoms with Crippen molar-refractivity contribution in [3.63, 3.8) is 0 Å². The Morgan fingerprint density at radius 3 is 2.39 bits per heavy atom. The molecule has 0 aliphatic carbocycles. The van der Waals surface area contributed by atoms with Crippen LogP contribution in [0.1, 0.15) is 20.7 Å². The van der Waals surface area contributed by atoms with Gasteiger partial charge in [0.2, 0.25) is 0 Å². The molecule has 118 valence electrons. The first-order valence-corrected chi connectivity index (χ1v) is 7.74. The largest absolute Gasteiger partial charge is 0.288 e. The maximum absolute atomic E-state index is 13.6. The SMILES string of the molecule is O=C1NC(=O)c2cc(S(=O)(=O)Nc3cccc(F)c3F)ccc21. The smallest absolute Gasteiger partial charge is 0.262 e. The molecule has 2 amide bonds. The van der Waals surface area contributed by atoms with Crippen molar-refractivity contribution in [3.05, 3.63) is 59.2 Å². The van der Waals surface area contributed by atoms with Crippen LogP contribution in [0.15, 0.2) is 41.3 Å². The van der Waals surface area contributed by atoms with Crippen molar-refractivity contribution in [2.24, 2.45) is 0 Å². The summed E-state index contributed by atoms with van der Waals surface area (Å²) in [6, 6.07) is 6.31. The third kappa shape index (κ3) is 2.55. The summed E-state index contributed by atoms with van der Waals surface area (Å²) in [7, 11) is -4.26. The molecule has 1 aliphatic heterocycles. The zero-order valence-electron chi connectivity index (χ0n) is 11.3. The van der Waals surface area contributed by atoms with E-state index in [1.54, 1.807) is 0 Å². The lowest BCUT2D eigenvalue weighted by Crippen LogP contribution is -2.20. The number of hydrogen-bond acceptors (Lipinski definition) is 4. The highest BCUT2D eigenvalue weighted by atomic mass is 32.2. The molecule has 23 heavy (non-hydrogen) atoms. The fraction of sp³-hybridized carbons (Fsp3) is 0. The molecule has 0 spiro atoms. The number of rotatable bonds is 3. The van der Waals surface area contributed by atoms with Gasteiger partial charge >= 0.3 is 0 Å². The Balaban J connectivity index is 2.01. The van der Waals surface area contributed by atoms with E-state index in [0.717, 1.165) is 30.3 Å². The Morgan fingerprint density at radius 2 is 1.65 bits per heavy atom. The van der Waals surface area contributed by atoms with E-state index in [-0.39, 0.29) is 16.0 Å². The number of sulfonamides is 1. The Kier molecular flexibility index (Phi) is 3.37. The lowest BCUT2D eigenvalue weighted by atomic mass is 10.1. The van der Waals surface area contributed by atoms with Gasteiger partial charge in [0.05, 0.1) is 21.7 Å². The average molecular weight is 338 g/mol. The highest BCUT2D eigenvalue weighted by Gasteiger charge is 2.29. The van der Waals surface area contributed by atoms with Crippen molar-refractivity contribution in [3.8, 4) is 0 Å². The van der Waals surface area contributed by atoms with Crippen LogP contribution in [0, 0.1) is 11.6 Å². The molecule has 9 heteroatoms. The minimum atomic E-state index is -4.26. The lowest BCUT2D eigenvalue weighted by molar-refractivity contribution is 0.0879. The molecule has 0 radical (unpaired) electrons. The Hall–Kier alpha value is -2.81. The Morgan fingerprint density at radius 1 is 0.957 bits per heavy atom. The molecule has 0 aromatic heterocycles. The van der Waals surface area contributed by atoms with E-state index in [1.165, 1.54) is 6.07 Å². The van der Waals surface area contributed by atoms with E-state index in [0.29, 0.717) is 0 Å². The van der Waals surface area contributed by atoms with Gasteiger partial charge in [-0.25, -0.2) is 17.2 Å². The summed E-state index contributed by atoms with van der Waals surface area (Å²) in [4.78, 5) is 22.6. The molecule has 1 aliphatic rings. The topological polar surface area (TPSA) is 92.3 Å². The normalized spacial score (nSPS) is 13.7. The molecular weight excluding hydrogens is 330 g/mol. The zero-order chi connectivity index (χ0) is 16.8. The van der Waals surface area contributed by atoms with Gasteiger partial charge in [0.25, 0.3) is 21.8 Å². The van der Waals surface area contributed by atoms with Crippen LogP contribution in [0.2, 0.25) is 0 Å². The van der Waals surface area contributed by atoms with Gasteiger partial charge in [0, 0.05) is 0 Å². The molecule has 2 N–H and O–H groups in total. The molecule has 2 aromatic rings. The van der Waals surface area contributed by atoms with Crippen LogP contribution >= 0.6 is 0 Å². The predicted octanol–water partition coefficient (Wildman–Crippen LogP) is 1.65. The molecular formula is C14H8F2N2O4S. The first kappa shape index (κ1) is 15.1. The number of carbonyl (C=O) groups excluding carboxylic acids is 2. The summed E-state index contributed by atoms with van der Waals surface area (Å²) in [5.74, 6) is -3.90. The number of benzene rings is 2. The van der Waals surface area contributed by atoms with Crippen molar-refractivity contribution >= 4 is 27.5 Å². The molecule has 0 unspecified atom stereocenters. The van der Waals surface area contributed by atoms with E-state index in [9.17, 15) is 26.8 Å². The van der Waals surface area contributed by atoms with Gasteiger partial charge < -0.3 is 0 Å². The van der Waals surface area contributed by atoms with Gasteiger partial charge in [-0.3, -0.25) is 19.6 Å². The number of anilines is 1. The Labute approximate surface area is 129 Å². The fourth-order valence-electron chi connectivity index (χ4n) is 2.10. The third-order valence-corrected chi connectivity index (χ3v) is 4.58. The molecule has 2 aromatic carbocycles. The summed E-state index contributed by atoms with van der Waals surface area (Å²) in [5, 5.41) is 2.02. The van der Waals surface area contributed by atoms with E-state index in [1.807, 2.05) is 10.0 Å². The number of hydrogen-bond donors (Lipinski definition) is 2. The first-order valence-electron chi connectivity index (χ1n) is 6.26. The predicted molar refractivity (Wildman–Crippen MR) is 75.4 cm³/mol. The third-order valence-electron chi connectivity index (χ3n) is 3.21. The van der Waals surface area contributed by atoms with Crippen molar-refractivity contribution in [2.45, 2.75) is 4.90 Å². The first-order chi connectivity index (χ1) is 10.8. The van der Waals surface area contributed by atoms with Gasteiger partial charge in [0.1, 0.15) is 0 Å². The van der Waals surface area contributed by atoms with Gasteiger partial charge in [-0.15, -0.1) is 0 Å². The van der Waals surface area contributed by atoms with Gasteiger partial charge in [0.15, 0.2) is 11.6 Å². The summed E-state index contributed by atoms with van der Waals surface area (Å²) in [6.07, 6.45) is 0. The van der Waals surface area contributed by atoms with Crippen molar-refractivity contribution in [1.82, 2.24) is 5.32 Å². The van der Waals surface area contributed by atoms with Crippen LogP contribution in [-0.4, -0.2) is 20.2 Å². The number of carbonyl (C=O) groups is 2. The van der Waals surface area contributed by atoms with Gasteiger partial charge in [-0.2, -0.15) is 0 Å². The maximum atomic E-state index is 13.6.